The van der Waals surface area contributed by atoms with Gasteiger partial charge in [0.25, 0.3) is 5.91 Å². The van der Waals surface area contributed by atoms with Crippen molar-refractivity contribution in [2.75, 3.05) is 7.05 Å². The van der Waals surface area contributed by atoms with Gasteiger partial charge in [-0.2, -0.15) is 5.10 Å². The summed E-state index contributed by atoms with van der Waals surface area (Å²) in [7, 11) is 2.12. The Morgan fingerprint density at radius 2 is 1.67 bits per heavy atom. The van der Waals surface area contributed by atoms with Crippen LogP contribution in [0, 0.1) is 6.92 Å². The van der Waals surface area contributed by atoms with Gasteiger partial charge in [-0.15, -0.1) is 0 Å². The van der Waals surface area contributed by atoms with Crippen LogP contribution in [0.5, 0.6) is 5.75 Å². The van der Waals surface area contributed by atoms with E-state index in [0.717, 1.165) is 24.0 Å². The highest BCUT2D eigenvalue weighted by molar-refractivity contribution is 6.02. The maximum absolute atomic E-state index is 12.4. The molecule has 4 aromatic rings. The van der Waals surface area contributed by atoms with E-state index in [0.29, 0.717) is 11.1 Å². The number of fused-ring (bicyclic) bond motifs is 1. The summed E-state index contributed by atoms with van der Waals surface area (Å²) in [5.41, 5.74) is 7.12. The molecule has 0 aliphatic rings. The smallest absolute Gasteiger partial charge is 0.271 e. The number of hydrogen-bond acceptors (Lipinski definition) is 4. The third-order valence-corrected chi connectivity index (χ3v) is 5.61. The van der Waals surface area contributed by atoms with E-state index in [4.69, 9.17) is 0 Å². The number of nitrogens with one attached hydrogen (secondary N) is 1. The lowest BCUT2D eigenvalue weighted by Gasteiger charge is -2.18. The molecule has 4 aromatic carbocycles. The lowest BCUT2D eigenvalue weighted by Crippen LogP contribution is -2.18. The van der Waals surface area contributed by atoms with Crippen LogP contribution in [0.3, 0.4) is 0 Å². The van der Waals surface area contributed by atoms with E-state index < -0.39 is 0 Å². The first kappa shape index (κ1) is 22.2. The second kappa shape index (κ2) is 10.1. The van der Waals surface area contributed by atoms with Crippen LogP contribution in [0.2, 0.25) is 0 Å². The molecule has 0 atom stereocenters. The number of amides is 1. The van der Waals surface area contributed by atoms with E-state index in [1.54, 1.807) is 25.3 Å². The molecule has 166 valence electrons. The minimum atomic E-state index is -0.321. The number of hydrogen-bond donors (Lipinski definition) is 2. The van der Waals surface area contributed by atoms with Gasteiger partial charge in [0.1, 0.15) is 5.75 Å². The van der Waals surface area contributed by atoms with Crippen molar-refractivity contribution in [3.8, 4) is 5.75 Å². The number of benzene rings is 4. The predicted molar refractivity (Wildman–Crippen MR) is 133 cm³/mol. The largest absolute Gasteiger partial charge is 0.508 e. The molecule has 5 heteroatoms. The van der Waals surface area contributed by atoms with E-state index in [2.05, 4.69) is 64.9 Å². The van der Waals surface area contributed by atoms with Crippen LogP contribution in [0.15, 0.2) is 90.0 Å². The summed E-state index contributed by atoms with van der Waals surface area (Å²) in [6.45, 7) is 3.45. The van der Waals surface area contributed by atoms with Gasteiger partial charge in [-0.05, 0) is 59.6 Å². The number of carbonyl (C=O) groups is 1. The van der Waals surface area contributed by atoms with Gasteiger partial charge < -0.3 is 5.11 Å². The van der Waals surface area contributed by atoms with E-state index in [9.17, 15) is 9.90 Å². The molecule has 0 spiro atoms. The average molecular weight is 438 g/mol. The molecule has 0 bridgehead atoms. The van der Waals surface area contributed by atoms with E-state index in [1.165, 1.54) is 22.6 Å². The summed E-state index contributed by atoms with van der Waals surface area (Å²) in [5, 5.41) is 16.1. The Kier molecular flexibility index (Phi) is 6.81. The Morgan fingerprint density at radius 3 is 2.42 bits per heavy atom. The topological polar surface area (TPSA) is 64.9 Å². The highest BCUT2D eigenvalue weighted by atomic mass is 16.3. The Hall–Kier alpha value is -3.96. The third-order valence-electron chi connectivity index (χ3n) is 5.61. The minimum absolute atomic E-state index is 0.163. The lowest BCUT2D eigenvalue weighted by atomic mass is 9.99. The van der Waals surface area contributed by atoms with Crippen molar-refractivity contribution in [2.45, 2.75) is 20.0 Å². The Balaban J connectivity index is 1.50. The molecule has 5 nitrogen and oxygen atoms in total. The minimum Gasteiger partial charge on any atom is -0.508 e. The molecular formula is C28H27N3O2. The summed E-state index contributed by atoms with van der Waals surface area (Å²) < 4.78 is 0. The number of aromatic hydroxyl groups is 1. The molecule has 0 fully saturated rings. The molecule has 0 aliphatic carbocycles. The van der Waals surface area contributed by atoms with Crippen LogP contribution in [0.1, 0.15) is 32.6 Å². The fourth-order valence-corrected chi connectivity index (χ4v) is 3.90. The first-order valence-corrected chi connectivity index (χ1v) is 10.9. The van der Waals surface area contributed by atoms with Crippen LogP contribution in [0.4, 0.5) is 0 Å². The highest BCUT2D eigenvalue weighted by Crippen LogP contribution is 2.23. The number of aryl methyl sites for hydroxylation is 1. The predicted octanol–water partition coefficient (Wildman–Crippen LogP) is 5.25. The lowest BCUT2D eigenvalue weighted by molar-refractivity contribution is 0.0955. The normalized spacial score (nSPS) is 11.4. The zero-order chi connectivity index (χ0) is 23.2. The Labute approximate surface area is 194 Å². The molecule has 0 heterocycles. The number of hydrazone groups is 1. The zero-order valence-corrected chi connectivity index (χ0v) is 18.8. The number of phenols is 1. The molecule has 4 rings (SSSR count). The molecule has 0 radical (unpaired) electrons. The zero-order valence-electron chi connectivity index (χ0n) is 18.8. The molecule has 0 saturated carbocycles. The van der Waals surface area contributed by atoms with Crippen LogP contribution in [-0.2, 0) is 13.1 Å². The van der Waals surface area contributed by atoms with Crippen LogP contribution < -0.4 is 5.43 Å². The van der Waals surface area contributed by atoms with Crippen molar-refractivity contribution in [1.29, 1.82) is 0 Å². The number of rotatable bonds is 7. The van der Waals surface area contributed by atoms with Gasteiger partial charge in [-0.1, -0.05) is 66.7 Å². The van der Waals surface area contributed by atoms with Crippen LogP contribution in [-0.4, -0.2) is 29.2 Å². The monoisotopic (exact) mass is 437 g/mol. The first-order valence-electron chi connectivity index (χ1n) is 10.9. The van der Waals surface area contributed by atoms with Gasteiger partial charge in [-0.3, -0.25) is 9.69 Å². The van der Waals surface area contributed by atoms with Gasteiger partial charge in [0, 0.05) is 24.2 Å². The van der Waals surface area contributed by atoms with Gasteiger partial charge in [-0.25, -0.2) is 5.43 Å². The van der Waals surface area contributed by atoms with Crippen molar-refractivity contribution in [2.24, 2.45) is 5.10 Å². The Morgan fingerprint density at radius 1 is 0.939 bits per heavy atom. The number of phenolic OH excluding ortho intramolecular Hbond substituents is 1. The molecule has 2 N–H and O–H groups in total. The molecule has 0 aromatic heterocycles. The fraction of sp³-hybridized carbons (Fsp3) is 0.143. The summed E-state index contributed by atoms with van der Waals surface area (Å²) in [6.07, 6.45) is 1.67. The van der Waals surface area contributed by atoms with Crippen LogP contribution in [0.25, 0.3) is 10.8 Å². The third kappa shape index (κ3) is 5.45. The van der Waals surface area contributed by atoms with Gasteiger partial charge in [0.05, 0.1) is 6.21 Å². The molecular weight excluding hydrogens is 410 g/mol. The quantitative estimate of drug-likeness (QED) is 0.307. The standard InChI is InChI=1S/C28H27N3O2/c1-20-16-22(14-15-27(20)32)28(33)30-29-17-23-12-13-24(26-11-7-6-10-25(23)26)19-31(2)18-21-8-4-3-5-9-21/h3-17,32H,18-19H2,1-2H3,(H,30,33)/b29-17+. The van der Waals surface area contributed by atoms with Gasteiger partial charge in [0.15, 0.2) is 0 Å². The number of nitrogens with zero attached hydrogens (tertiary/aromatic N) is 2. The Bertz CT molecular complexity index is 1300. The first-order chi connectivity index (χ1) is 16.0. The fourth-order valence-electron chi connectivity index (χ4n) is 3.90. The van der Waals surface area contributed by atoms with E-state index in [1.807, 2.05) is 24.3 Å². The maximum atomic E-state index is 12.4. The molecule has 1 amide bonds. The second-order valence-electron chi connectivity index (χ2n) is 8.22. The van der Waals surface area contributed by atoms with E-state index in [-0.39, 0.29) is 11.7 Å². The van der Waals surface area contributed by atoms with Crippen molar-refractivity contribution in [1.82, 2.24) is 10.3 Å². The molecule has 0 saturated heterocycles. The summed E-state index contributed by atoms with van der Waals surface area (Å²) in [6, 6.07) is 27.6. The van der Waals surface area contributed by atoms with Crippen molar-refractivity contribution in [3.05, 3.63) is 113 Å². The SMILES string of the molecule is Cc1cc(C(=O)N/N=C/c2ccc(CN(C)Cc3ccccc3)c3ccccc23)ccc1O. The number of carbonyl (C=O) groups excluding carboxylic acids is 1. The summed E-state index contributed by atoms with van der Waals surface area (Å²) >= 11 is 0. The van der Waals surface area contributed by atoms with Crippen LogP contribution >= 0.6 is 0 Å². The van der Waals surface area contributed by atoms with Gasteiger partial charge >= 0.3 is 0 Å². The van der Waals surface area contributed by atoms with Crippen molar-refractivity contribution in [3.63, 3.8) is 0 Å². The molecule has 0 unspecified atom stereocenters. The highest BCUT2D eigenvalue weighted by Gasteiger charge is 2.09. The maximum Gasteiger partial charge on any atom is 0.271 e. The molecule has 0 aliphatic heterocycles. The summed E-state index contributed by atoms with van der Waals surface area (Å²) in [5.74, 6) is -0.158. The van der Waals surface area contributed by atoms with E-state index >= 15 is 0 Å². The average Bonchev–Trinajstić information content (AvgIpc) is 2.82. The van der Waals surface area contributed by atoms with Gasteiger partial charge in [0.2, 0.25) is 0 Å². The summed E-state index contributed by atoms with van der Waals surface area (Å²) in [4.78, 5) is 14.7. The molecule has 33 heavy (non-hydrogen) atoms. The van der Waals surface area contributed by atoms with Crippen molar-refractivity contribution < 1.29 is 9.90 Å². The second-order valence-corrected chi connectivity index (χ2v) is 8.22. The van der Waals surface area contributed by atoms with Crippen molar-refractivity contribution >= 4 is 22.9 Å².